The van der Waals surface area contributed by atoms with Crippen LogP contribution in [0.5, 0.6) is 0 Å². The summed E-state index contributed by atoms with van der Waals surface area (Å²) < 4.78 is 9.47. The molecule has 0 rings (SSSR count). The molecule has 0 unspecified atom stereocenters. The largest absolute Gasteiger partial charge is 0.408 e. The summed E-state index contributed by atoms with van der Waals surface area (Å²) in [5.74, 6) is -2.05. The lowest BCUT2D eigenvalue weighted by atomic mass is 10.2. The number of carbonyl (C=O) groups is 3. The average Bonchev–Trinajstić information content (AvgIpc) is 2.51. The molecule has 0 aromatic carbocycles. The summed E-state index contributed by atoms with van der Waals surface area (Å²) in [5, 5.41) is 11.6. The molecule has 132 valence electrons. The second kappa shape index (κ2) is 13.7. The highest BCUT2D eigenvalue weighted by atomic mass is 16.6. The number of rotatable bonds is 11. The van der Waals surface area contributed by atoms with Crippen LogP contribution in [0.15, 0.2) is 5.16 Å². The lowest BCUT2D eigenvalue weighted by molar-refractivity contribution is -0.159. The van der Waals surface area contributed by atoms with E-state index in [-0.39, 0.29) is 31.6 Å². The van der Waals surface area contributed by atoms with Crippen LogP contribution in [-0.2, 0) is 23.9 Å². The zero-order valence-corrected chi connectivity index (χ0v) is 14.0. The summed E-state index contributed by atoms with van der Waals surface area (Å²) in [6.07, 6.45) is 5.28. The molecule has 0 radical (unpaired) electrons. The predicted molar refractivity (Wildman–Crippen MR) is 83.9 cm³/mol. The van der Waals surface area contributed by atoms with Crippen molar-refractivity contribution in [2.75, 3.05) is 0 Å². The van der Waals surface area contributed by atoms with Crippen molar-refractivity contribution in [2.45, 2.75) is 78.1 Å². The van der Waals surface area contributed by atoms with Gasteiger partial charge in [-0.2, -0.15) is 0 Å². The quantitative estimate of drug-likeness (QED) is 0.119. The molecule has 1 N–H and O–H groups in total. The molecule has 0 saturated carbocycles. The van der Waals surface area contributed by atoms with Crippen LogP contribution in [0.4, 0.5) is 0 Å². The van der Waals surface area contributed by atoms with Crippen molar-refractivity contribution >= 4 is 23.8 Å². The minimum atomic E-state index is -0.727. The van der Waals surface area contributed by atoms with Crippen LogP contribution in [0.2, 0.25) is 0 Å². The maximum atomic E-state index is 11.5. The number of ether oxygens (including phenoxy) is 2. The number of oxime groups is 1. The molecule has 0 heterocycles. The molecule has 0 aliphatic rings. The van der Waals surface area contributed by atoms with Crippen molar-refractivity contribution in [1.82, 2.24) is 0 Å². The molecule has 0 spiro atoms. The lowest BCUT2D eigenvalue weighted by Gasteiger charge is -2.06. The summed E-state index contributed by atoms with van der Waals surface area (Å²) in [7, 11) is 0. The molecule has 0 aromatic heterocycles. The lowest BCUT2D eigenvalue weighted by Crippen LogP contribution is -2.17. The Bertz CT molecular complexity index is 405. The van der Waals surface area contributed by atoms with Crippen molar-refractivity contribution in [3.05, 3.63) is 0 Å². The Labute approximate surface area is 137 Å². The highest BCUT2D eigenvalue weighted by molar-refractivity contribution is 5.91. The van der Waals surface area contributed by atoms with Gasteiger partial charge in [0.05, 0.1) is 6.42 Å². The summed E-state index contributed by atoms with van der Waals surface area (Å²) in [6.45, 7) is 4.02. The Morgan fingerprint density at radius 1 is 0.739 bits per heavy atom. The van der Waals surface area contributed by atoms with Crippen LogP contribution in [0.3, 0.4) is 0 Å². The molecule has 0 atom stereocenters. The van der Waals surface area contributed by atoms with E-state index in [1.165, 1.54) is 0 Å². The van der Waals surface area contributed by atoms with E-state index in [9.17, 15) is 14.4 Å². The second-order valence-electron chi connectivity index (χ2n) is 5.23. The Balaban J connectivity index is 3.99. The van der Waals surface area contributed by atoms with Crippen molar-refractivity contribution in [2.24, 2.45) is 5.16 Å². The third-order valence-electron chi connectivity index (χ3n) is 3.08. The second-order valence-corrected chi connectivity index (χ2v) is 5.23. The van der Waals surface area contributed by atoms with Gasteiger partial charge in [-0.25, -0.2) is 0 Å². The van der Waals surface area contributed by atoms with Gasteiger partial charge in [0.1, 0.15) is 0 Å². The molecule has 7 nitrogen and oxygen atoms in total. The highest BCUT2D eigenvalue weighted by Crippen LogP contribution is 2.05. The Hall–Kier alpha value is -1.92. The van der Waals surface area contributed by atoms with E-state index in [1.807, 2.05) is 13.8 Å². The van der Waals surface area contributed by atoms with E-state index >= 15 is 0 Å². The fourth-order valence-electron chi connectivity index (χ4n) is 1.78. The first-order valence-corrected chi connectivity index (χ1v) is 8.18. The first-order valence-electron chi connectivity index (χ1n) is 8.18. The van der Waals surface area contributed by atoms with Gasteiger partial charge in [-0.1, -0.05) is 44.7 Å². The maximum Gasteiger partial charge on any atom is 0.313 e. The van der Waals surface area contributed by atoms with Crippen LogP contribution in [0, 0.1) is 0 Å². The number of unbranched alkanes of at least 4 members (excludes halogenated alkanes) is 4. The van der Waals surface area contributed by atoms with Crippen LogP contribution in [0.1, 0.15) is 78.1 Å². The summed E-state index contributed by atoms with van der Waals surface area (Å²) in [4.78, 5) is 34.3. The third-order valence-corrected chi connectivity index (χ3v) is 3.08. The van der Waals surface area contributed by atoms with Crippen molar-refractivity contribution in [1.29, 1.82) is 0 Å². The minimum Gasteiger partial charge on any atom is -0.408 e. The van der Waals surface area contributed by atoms with Gasteiger partial charge in [-0.3, -0.25) is 14.4 Å². The van der Waals surface area contributed by atoms with E-state index in [0.717, 1.165) is 25.7 Å². The van der Waals surface area contributed by atoms with Crippen molar-refractivity contribution in [3.8, 4) is 0 Å². The fourth-order valence-corrected chi connectivity index (χ4v) is 1.78. The molecule has 0 aromatic rings. The predicted octanol–water partition coefficient (Wildman–Crippen LogP) is 3.33. The van der Waals surface area contributed by atoms with E-state index in [1.54, 1.807) is 0 Å². The Morgan fingerprint density at radius 3 is 1.70 bits per heavy atom. The Morgan fingerprint density at radius 2 is 1.22 bits per heavy atom. The van der Waals surface area contributed by atoms with Gasteiger partial charge in [0, 0.05) is 19.3 Å². The molecular weight excluding hydrogens is 302 g/mol. The molecule has 0 amide bonds. The molecule has 7 heteroatoms. The normalized spacial score (nSPS) is 11.1. The third kappa shape index (κ3) is 12.3. The summed E-state index contributed by atoms with van der Waals surface area (Å²) in [6, 6.07) is 0. The first-order chi connectivity index (χ1) is 11.0. The smallest absolute Gasteiger partial charge is 0.313 e. The van der Waals surface area contributed by atoms with Crippen LogP contribution in [0.25, 0.3) is 0 Å². The fraction of sp³-hybridized carbons (Fsp3) is 0.750. The number of hydrogen-bond donors (Lipinski definition) is 1. The van der Waals surface area contributed by atoms with Gasteiger partial charge in [-0.15, -0.1) is 0 Å². The molecule has 0 saturated heterocycles. The molecule has 0 bridgehead atoms. The standard InChI is InChI=1S/C16H27NO6/c1-3-5-7-9-14(18)22-13(17-21)11-12-16(20)23-15(19)10-8-6-4-2/h21H,3-12H2,1-2H3/b17-13-. The van der Waals surface area contributed by atoms with Gasteiger partial charge in [0.25, 0.3) is 0 Å². The minimum absolute atomic E-state index is 0.100. The molecule has 0 aliphatic heterocycles. The Kier molecular flexibility index (Phi) is 12.6. The summed E-state index contributed by atoms with van der Waals surface area (Å²) in [5.41, 5.74) is 0. The van der Waals surface area contributed by atoms with Crippen LogP contribution in [-0.4, -0.2) is 29.0 Å². The van der Waals surface area contributed by atoms with Crippen molar-refractivity contribution < 1.29 is 29.1 Å². The molecular formula is C16H27NO6. The zero-order valence-electron chi connectivity index (χ0n) is 14.0. The van der Waals surface area contributed by atoms with Crippen LogP contribution < -0.4 is 0 Å². The van der Waals surface area contributed by atoms with Gasteiger partial charge in [0.2, 0.25) is 5.90 Å². The number of nitrogens with zero attached hydrogens (tertiary/aromatic N) is 1. The van der Waals surface area contributed by atoms with Gasteiger partial charge < -0.3 is 14.7 Å². The summed E-state index contributed by atoms with van der Waals surface area (Å²) >= 11 is 0. The van der Waals surface area contributed by atoms with Gasteiger partial charge >= 0.3 is 17.9 Å². The maximum absolute atomic E-state index is 11.5. The zero-order chi connectivity index (χ0) is 17.5. The monoisotopic (exact) mass is 329 g/mol. The van der Waals surface area contributed by atoms with E-state index in [2.05, 4.69) is 9.89 Å². The van der Waals surface area contributed by atoms with Crippen LogP contribution >= 0.6 is 0 Å². The SMILES string of the molecule is CCCCCC(=O)OC(=O)CC/C(=N/O)OC(=O)CCCCC. The average molecular weight is 329 g/mol. The number of hydrogen-bond acceptors (Lipinski definition) is 7. The number of carbonyl (C=O) groups excluding carboxylic acids is 3. The van der Waals surface area contributed by atoms with Gasteiger partial charge in [0.15, 0.2) is 0 Å². The molecule has 23 heavy (non-hydrogen) atoms. The van der Waals surface area contributed by atoms with E-state index in [4.69, 9.17) is 9.94 Å². The van der Waals surface area contributed by atoms with Crippen molar-refractivity contribution in [3.63, 3.8) is 0 Å². The van der Waals surface area contributed by atoms with E-state index in [0.29, 0.717) is 12.8 Å². The number of esters is 3. The van der Waals surface area contributed by atoms with Gasteiger partial charge in [-0.05, 0) is 12.8 Å². The van der Waals surface area contributed by atoms with E-state index < -0.39 is 17.9 Å². The highest BCUT2D eigenvalue weighted by Gasteiger charge is 2.15. The topological polar surface area (TPSA) is 102 Å². The molecule has 0 fully saturated rings. The first kappa shape index (κ1) is 21.1. The molecule has 0 aliphatic carbocycles.